The van der Waals surface area contributed by atoms with Crippen molar-refractivity contribution in [3.8, 4) is 0 Å². The summed E-state index contributed by atoms with van der Waals surface area (Å²) in [5, 5.41) is 11.5. The molecule has 4 aliphatic carbocycles. The molecule has 0 aromatic carbocycles. The van der Waals surface area contributed by atoms with Gasteiger partial charge >= 0.3 is 10.4 Å². The molecular formula is C21H32O6S. The minimum absolute atomic E-state index is 0.0649. The minimum Gasteiger partial charge on any atom is -0.387 e. The van der Waals surface area contributed by atoms with Gasteiger partial charge in [0.25, 0.3) is 0 Å². The van der Waals surface area contributed by atoms with Crippen molar-refractivity contribution in [2.45, 2.75) is 83.8 Å². The maximum atomic E-state index is 11.9. The Morgan fingerprint density at radius 3 is 2.46 bits per heavy atom. The van der Waals surface area contributed by atoms with Crippen LogP contribution in [0.25, 0.3) is 0 Å². The monoisotopic (exact) mass is 412 g/mol. The van der Waals surface area contributed by atoms with Crippen molar-refractivity contribution >= 4 is 16.2 Å². The lowest BCUT2D eigenvalue weighted by molar-refractivity contribution is -0.166. The number of fused-ring (bicyclic) bond motifs is 5. The number of hydrogen-bond acceptors (Lipinski definition) is 5. The fourth-order valence-electron chi connectivity index (χ4n) is 7.54. The molecule has 4 rings (SSSR count). The summed E-state index contributed by atoms with van der Waals surface area (Å²) in [4.78, 5) is 11.9. The first kappa shape index (κ1) is 20.5. The first-order valence-electron chi connectivity index (χ1n) is 10.5. The lowest BCUT2D eigenvalue weighted by Gasteiger charge is -2.59. The molecule has 6 nitrogen and oxygen atoms in total. The molecule has 3 saturated carbocycles. The SMILES string of the molecule is C[C@@H](OS(=O)(=O)O)[C@@]1(O)CC[C@H]2[C@@H]3CCC4=CC(=O)CC[C@]4(C)[C@H]3CC[C@@]21C. The Labute approximate surface area is 167 Å². The summed E-state index contributed by atoms with van der Waals surface area (Å²) >= 11 is 0. The van der Waals surface area contributed by atoms with Gasteiger partial charge in [-0.15, -0.1) is 0 Å². The second-order valence-electron chi connectivity index (χ2n) is 10.1. The second kappa shape index (κ2) is 6.37. The van der Waals surface area contributed by atoms with Gasteiger partial charge in [0.2, 0.25) is 0 Å². The number of allylic oxidation sites excluding steroid dienone is 1. The van der Waals surface area contributed by atoms with Crippen LogP contribution in [-0.2, 0) is 19.4 Å². The third-order valence-electron chi connectivity index (χ3n) is 9.12. The molecule has 2 N–H and O–H groups in total. The highest BCUT2D eigenvalue weighted by atomic mass is 32.3. The van der Waals surface area contributed by atoms with Crippen molar-refractivity contribution in [2.24, 2.45) is 28.6 Å². The molecule has 28 heavy (non-hydrogen) atoms. The van der Waals surface area contributed by atoms with E-state index in [0.29, 0.717) is 30.6 Å². The molecule has 0 radical (unpaired) electrons. The Morgan fingerprint density at radius 2 is 1.79 bits per heavy atom. The topological polar surface area (TPSA) is 101 Å². The molecule has 0 amide bonds. The minimum atomic E-state index is -4.62. The van der Waals surface area contributed by atoms with Crippen LogP contribution in [0.3, 0.4) is 0 Å². The highest BCUT2D eigenvalue weighted by Gasteiger charge is 2.65. The zero-order valence-corrected chi connectivity index (χ0v) is 17.8. The third-order valence-corrected chi connectivity index (χ3v) is 9.65. The van der Waals surface area contributed by atoms with E-state index in [1.807, 2.05) is 6.08 Å². The molecule has 0 aromatic heterocycles. The van der Waals surface area contributed by atoms with Crippen LogP contribution in [0.15, 0.2) is 11.6 Å². The van der Waals surface area contributed by atoms with Crippen LogP contribution in [0.2, 0.25) is 0 Å². The van der Waals surface area contributed by atoms with Gasteiger partial charge in [-0.05, 0) is 81.1 Å². The summed E-state index contributed by atoms with van der Waals surface area (Å²) in [6, 6.07) is 0. The molecule has 0 spiro atoms. The fraction of sp³-hybridized carbons (Fsp3) is 0.857. The Kier molecular flexibility index (Phi) is 4.66. The molecule has 0 heterocycles. The largest absolute Gasteiger partial charge is 0.397 e. The predicted octanol–water partition coefficient (Wildman–Crippen LogP) is 3.46. The summed E-state index contributed by atoms with van der Waals surface area (Å²) in [7, 11) is -4.62. The molecule has 7 atom stereocenters. The van der Waals surface area contributed by atoms with Gasteiger partial charge in [-0.25, -0.2) is 4.18 Å². The Bertz CT molecular complexity index is 819. The summed E-state index contributed by atoms with van der Waals surface area (Å²) in [6.45, 7) is 5.93. The smallest absolute Gasteiger partial charge is 0.387 e. The first-order valence-corrected chi connectivity index (χ1v) is 11.9. The average Bonchev–Trinajstić information content (AvgIpc) is 2.87. The number of rotatable bonds is 3. The fourth-order valence-corrected chi connectivity index (χ4v) is 8.06. The average molecular weight is 413 g/mol. The van der Waals surface area contributed by atoms with Gasteiger partial charge in [0.15, 0.2) is 5.78 Å². The van der Waals surface area contributed by atoms with Crippen LogP contribution in [0.5, 0.6) is 0 Å². The van der Waals surface area contributed by atoms with Crippen LogP contribution in [0, 0.1) is 28.6 Å². The Hall–Kier alpha value is -0.760. The van der Waals surface area contributed by atoms with E-state index < -0.39 is 27.5 Å². The molecule has 4 aliphatic rings. The van der Waals surface area contributed by atoms with Gasteiger partial charge in [-0.2, -0.15) is 8.42 Å². The van der Waals surface area contributed by atoms with Crippen molar-refractivity contribution < 1.29 is 27.1 Å². The van der Waals surface area contributed by atoms with E-state index in [0.717, 1.165) is 38.5 Å². The van der Waals surface area contributed by atoms with Crippen molar-refractivity contribution in [2.75, 3.05) is 0 Å². The molecule has 0 aliphatic heterocycles. The molecule has 3 fully saturated rings. The van der Waals surface area contributed by atoms with E-state index in [2.05, 4.69) is 13.8 Å². The maximum absolute atomic E-state index is 11.9. The lowest BCUT2D eigenvalue weighted by Crippen LogP contribution is -2.58. The Balaban J connectivity index is 1.64. The molecule has 158 valence electrons. The lowest BCUT2D eigenvalue weighted by atomic mass is 9.46. The summed E-state index contributed by atoms with van der Waals surface area (Å²) < 4.78 is 36.4. The molecule has 0 bridgehead atoms. The van der Waals surface area contributed by atoms with Crippen LogP contribution < -0.4 is 0 Å². The van der Waals surface area contributed by atoms with E-state index in [4.69, 9.17) is 8.74 Å². The van der Waals surface area contributed by atoms with Crippen LogP contribution >= 0.6 is 0 Å². The molecule has 0 aromatic rings. The van der Waals surface area contributed by atoms with Crippen molar-refractivity contribution in [1.82, 2.24) is 0 Å². The Morgan fingerprint density at radius 1 is 1.11 bits per heavy atom. The molecule has 0 unspecified atom stereocenters. The van der Waals surface area contributed by atoms with Gasteiger partial charge < -0.3 is 5.11 Å². The summed E-state index contributed by atoms with van der Waals surface area (Å²) in [6.07, 6.45) is 7.45. The van der Waals surface area contributed by atoms with E-state index in [1.165, 1.54) is 5.57 Å². The third kappa shape index (κ3) is 2.84. The summed E-state index contributed by atoms with van der Waals surface area (Å²) in [5.41, 5.74) is -0.349. The van der Waals surface area contributed by atoms with Crippen molar-refractivity contribution in [3.63, 3.8) is 0 Å². The normalized spacial score (nSPS) is 47.0. The number of carbonyl (C=O) groups excluding carboxylic acids is 1. The highest BCUT2D eigenvalue weighted by Crippen LogP contribution is 2.68. The van der Waals surface area contributed by atoms with E-state index >= 15 is 0 Å². The van der Waals surface area contributed by atoms with Gasteiger partial charge in [-0.3, -0.25) is 9.35 Å². The zero-order chi connectivity index (χ0) is 20.5. The van der Waals surface area contributed by atoms with Crippen molar-refractivity contribution in [1.29, 1.82) is 0 Å². The van der Waals surface area contributed by atoms with Gasteiger partial charge in [0.05, 0.1) is 5.60 Å². The van der Waals surface area contributed by atoms with Crippen molar-refractivity contribution in [3.05, 3.63) is 11.6 Å². The molecule has 0 saturated heterocycles. The van der Waals surface area contributed by atoms with Gasteiger partial charge in [0.1, 0.15) is 6.10 Å². The zero-order valence-electron chi connectivity index (χ0n) is 17.0. The van der Waals surface area contributed by atoms with E-state index in [-0.39, 0.29) is 11.2 Å². The van der Waals surface area contributed by atoms with E-state index in [9.17, 15) is 18.3 Å². The summed E-state index contributed by atoms with van der Waals surface area (Å²) in [5.74, 6) is 1.50. The number of hydrogen-bond donors (Lipinski definition) is 2. The molecule has 7 heteroatoms. The van der Waals surface area contributed by atoms with Crippen LogP contribution in [0.4, 0.5) is 0 Å². The number of aliphatic hydroxyl groups is 1. The van der Waals surface area contributed by atoms with Gasteiger partial charge in [-0.1, -0.05) is 19.4 Å². The second-order valence-corrected chi connectivity index (χ2v) is 11.1. The standard InChI is InChI=1S/C21H32O6S/c1-13(27-28(24,25)26)21(23)11-8-18-16-5-4-14-12-15(22)6-9-19(14,2)17(16)7-10-20(18,21)3/h12-13,16-18,23H,4-11H2,1-3H3,(H,24,25,26)/t13-,16-,17+,18+,19+,20+,21+/m1/s1. The van der Waals surface area contributed by atoms with E-state index in [1.54, 1.807) is 6.92 Å². The number of ketones is 1. The highest BCUT2D eigenvalue weighted by molar-refractivity contribution is 7.80. The quantitative estimate of drug-likeness (QED) is 0.689. The first-order chi connectivity index (χ1) is 12.9. The number of carbonyl (C=O) groups is 1. The van der Waals surface area contributed by atoms with Gasteiger partial charge in [0, 0.05) is 11.8 Å². The van der Waals surface area contributed by atoms with Crippen LogP contribution in [0.1, 0.15) is 72.1 Å². The predicted molar refractivity (Wildman–Crippen MR) is 104 cm³/mol. The molecular weight excluding hydrogens is 380 g/mol. The van der Waals surface area contributed by atoms with Crippen LogP contribution in [-0.4, -0.2) is 35.6 Å². The maximum Gasteiger partial charge on any atom is 0.397 e.